The van der Waals surface area contributed by atoms with E-state index in [0.29, 0.717) is 0 Å². The third-order valence-corrected chi connectivity index (χ3v) is 3.23. The molecule has 0 fully saturated rings. The maximum atomic E-state index is 5.69. The molecule has 0 aliphatic rings. The normalized spacial score (nSPS) is 10.6. The topological polar surface area (TPSA) is 26.0 Å². The van der Waals surface area contributed by atoms with Gasteiger partial charge in [-0.25, -0.2) is 0 Å². The third kappa shape index (κ3) is 1.01. The van der Waals surface area contributed by atoms with Gasteiger partial charge in [-0.2, -0.15) is 0 Å². The molecule has 2 rings (SSSR count). The standard InChI is InChI=1S/C8H7NS2/c9-8-7(10)5-3-1-2-4-6(5)11-8/h1-4,10H,9H2. The minimum atomic E-state index is 0.800. The molecule has 0 spiro atoms. The van der Waals surface area contributed by atoms with Crippen LogP contribution in [0.25, 0.3) is 10.1 Å². The van der Waals surface area contributed by atoms with Crippen LogP contribution in [-0.4, -0.2) is 0 Å². The van der Waals surface area contributed by atoms with E-state index < -0.39 is 0 Å². The molecule has 0 amide bonds. The van der Waals surface area contributed by atoms with E-state index in [-0.39, 0.29) is 0 Å². The molecule has 0 saturated carbocycles. The van der Waals surface area contributed by atoms with Crippen LogP contribution in [0.15, 0.2) is 29.2 Å². The summed E-state index contributed by atoms with van der Waals surface area (Å²) in [7, 11) is 0. The Hall–Kier alpha value is -0.670. The number of fused-ring (bicyclic) bond motifs is 1. The van der Waals surface area contributed by atoms with Crippen LogP contribution in [0.2, 0.25) is 0 Å². The first-order valence-electron chi connectivity index (χ1n) is 3.25. The second kappa shape index (κ2) is 2.43. The van der Waals surface area contributed by atoms with Gasteiger partial charge in [0.15, 0.2) is 0 Å². The van der Waals surface area contributed by atoms with Gasteiger partial charge < -0.3 is 5.73 Å². The second-order valence-corrected chi connectivity index (χ2v) is 3.84. The Labute approximate surface area is 74.2 Å². The lowest BCUT2D eigenvalue weighted by Gasteiger charge is -1.87. The fourth-order valence-electron chi connectivity index (χ4n) is 1.05. The van der Waals surface area contributed by atoms with Gasteiger partial charge in [-0.1, -0.05) is 18.2 Å². The molecule has 1 aromatic carbocycles. The van der Waals surface area contributed by atoms with Crippen molar-refractivity contribution in [3.63, 3.8) is 0 Å². The van der Waals surface area contributed by atoms with Gasteiger partial charge in [0.2, 0.25) is 0 Å². The minimum Gasteiger partial charge on any atom is -0.390 e. The highest BCUT2D eigenvalue weighted by molar-refractivity contribution is 7.81. The highest BCUT2D eigenvalue weighted by atomic mass is 32.1. The number of benzene rings is 1. The number of thiophene rings is 1. The predicted molar refractivity (Wildman–Crippen MR) is 53.5 cm³/mol. The zero-order valence-electron chi connectivity index (χ0n) is 5.74. The molecule has 0 bridgehead atoms. The Bertz CT molecular complexity index is 392. The third-order valence-electron chi connectivity index (χ3n) is 1.60. The highest BCUT2D eigenvalue weighted by Gasteiger charge is 2.03. The van der Waals surface area contributed by atoms with E-state index in [1.54, 1.807) is 11.3 Å². The van der Waals surface area contributed by atoms with Crippen molar-refractivity contribution < 1.29 is 0 Å². The van der Waals surface area contributed by atoms with Crippen molar-refractivity contribution in [1.29, 1.82) is 0 Å². The average molecular weight is 181 g/mol. The quantitative estimate of drug-likeness (QED) is 0.600. The maximum absolute atomic E-state index is 5.69. The molecular weight excluding hydrogens is 174 g/mol. The fraction of sp³-hybridized carbons (Fsp3) is 0. The summed E-state index contributed by atoms with van der Waals surface area (Å²) in [6.07, 6.45) is 0. The predicted octanol–water partition coefficient (Wildman–Crippen LogP) is 2.77. The molecule has 1 nitrogen and oxygen atoms in total. The van der Waals surface area contributed by atoms with Gasteiger partial charge in [0.05, 0.1) is 0 Å². The van der Waals surface area contributed by atoms with Crippen LogP contribution in [0.4, 0.5) is 5.00 Å². The maximum Gasteiger partial charge on any atom is 0.100 e. The average Bonchev–Trinajstić information content (AvgIpc) is 2.30. The summed E-state index contributed by atoms with van der Waals surface area (Å²) in [6.45, 7) is 0. The van der Waals surface area contributed by atoms with E-state index >= 15 is 0 Å². The molecule has 2 N–H and O–H groups in total. The minimum absolute atomic E-state index is 0.800. The molecule has 0 aliphatic carbocycles. The molecule has 2 aromatic rings. The number of hydrogen-bond donors (Lipinski definition) is 2. The molecular formula is C8H7NS2. The first-order chi connectivity index (χ1) is 5.29. The van der Waals surface area contributed by atoms with Crippen LogP contribution in [0.5, 0.6) is 0 Å². The van der Waals surface area contributed by atoms with Gasteiger partial charge in [0.25, 0.3) is 0 Å². The summed E-state index contributed by atoms with van der Waals surface area (Å²) in [5, 5.41) is 1.95. The van der Waals surface area contributed by atoms with Gasteiger partial charge in [0.1, 0.15) is 5.00 Å². The molecule has 0 saturated heterocycles. The van der Waals surface area contributed by atoms with Gasteiger partial charge in [-0.15, -0.1) is 24.0 Å². The lowest BCUT2D eigenvalue weighted by atomic mass is 10.3. The van der Waals surface area contributed by atoms with Crippen molar-refractivity contribution in [3.05, 3.63) is 24.3 Å². The van der Waals surface area contributed by atoms with Crippen LogP contribution in [0.3, 0.4) is 0 Å². The van der Waals surface area contributed by atoms with E-state index in [1.807, 2.05) is 18.2 Å². The van der Waals surface area contributed by atoms with E-state index in [0.717, 1.165) is 15.3 Å². The van der Waals surface area contributed by atoms with Crippen LogP contribution in [0, 0.1) is 0 Å². The Kier molecular flexibility index (Phi) is 1.55. The molecule has 1 aromatic heterocycles. The summed E-state index contributed by atoms with van der Waals surface area (Å²) in [6, 6.07) is 8.08. The molecule has 1 heterocycles. The van der Waals surface area contributed by atoms with E-state index in [4.69, 9.17) is 5.73 Å². The first-order valence-corrected chi connectivity index (χ1v) is 4.51. The summed E-state index contributed by atoms with van der Waals surface area (Å²) >= 11 is 5.88. The van der Waals surface area contributed by atoms with Crippen LogP contribution in [0.1, 0.15) is 0 Å². The summed E-state index contributed by atoms with van der Waals surface area (Å²) in [5.41, 5.74) is 5.69. The molecule has 56 valence electrons. The number of hydrogen-bond acceptors (Lipinski definition) is 3. The van der Waals surface area contributed by atoms with E-state index in [2.05, 4.69) is 18.7 Å². The van der Waals surface area contributed by atoms with E-state index in [9.17, 15) is 0 Å². The second-order valence-electron chi connectivity index (χ2n) is 2.31. The number of thiol groups is 1. The smallest absolute Gasteiger partial charge is 0.100 e. The Balaban J connectivity index is 2.92. The lowest BCUT2D eigenvalue weighted by molar-refractivity contribution is 1.66. The van der Waals surface area contributed by atoms with Gasteiger partial charge in [-0.3, -0.25) is 0 Å². The Morgan fingerprint density at radius 1 is 1.27 bits per heavy atom. The SMILES string of the molecule is Nc1sc2ccccc2c1S. The number of rotatable bonds is 0. The van der Waals surface area contributed by atoms with E-state index in [1.165, 1.54) is 4.70 Å². The number of nitrogen functional groups attached to an aromatic ring is 1. The van der Waals surface area contributed by atoms with Crippen LogP contribution >= 0.6 is 24.0 Å². The highest BCUT2D eigenvalue weighted by Crippen LogP contribution is 2.35. The Morgan fingerprint density at radius 2 is 2.00 bits per heavy atom. The van der Waals surface area contributed by atoms with Gasteiger partial charge >= 0.3 is 0 Å². The molecule has 0 aliphatic heterocycles. The fourth-order valence-corrected chi connectivity index (χ4v) is 2.33. The van der Waals surface area contributed by atoms with Gasteiger partial charge in [0, 0.05) is 15.0 Å². The van der Waals surface area contributed by atoms with Crippen molar-refractivity contribution >= 4 is 39.1 Å². The van der Waals surface area contributed by atoms with Crippen molar-refractivity contribution in [2.75, 3.05) is 5.73 Å². The lowest BCUT2D eigenvalue weighted by Crippen LogP contribution is -1.76. The monoisotopic (exact) mass is 181 g/mol. The Morgan fingerprint density at radius 3 is 2.73 bits per heavy atom. The van der Waals surface area contributed by atoms with Crippen molar-refractivity contribution in [2.45, 2.75) is 4.90 Å². The van der Waals surface area contributed by atoms with Crippen molar-refractivity contribution in [1.82, 2.24) is 0 Å². The summed E-state index contributed by atoms with van der Waals surface area (Å²) in [4.78, 5) is 0.908. The van der Waals surface area contributed by atoms with Crippen LogP contribution in [-0.2, 0) is 0 Å². The summed E-state index contributed by atoms with van der Waals surface area (Å²) in [5.74, 6) is 0. The first kappa shape index (κ1) is 7.00. The van der Waals surface area contributed by atoms with Crippen molar-refractivity contribution in [3.8, 4) is 0 Å². The number of anilines is 1. The molecule has 0 unspecified atom stereocenters. The molecule has 11 heavy (non-hydrogen) atoms. The zero-order chi connectivity index (χ0) is 7.84. The molecule has 3 heteroatoms. The largest absolute Gasteiger partial charge is 0.390 e. The van der Waals surface area contributed by atoms with Gasteiger partial charge in [-0.05, 0) is 6.07 Å². The molecule has 0 radical (unpaired) electrons. The summed E-state index contributed by atoms with van der Waals surface area (Å²) < 4.78 is 1.20. The molecule has 0 atom stereocenters. The van der Waals surface area contributed by atoms with Crippen molar-refractivity contribution in [2.24, 2.45) is 0 Å². The number of nitrogens with two attached hydrogens (primary N) is 1. The zero-order valence-corrected chi connectivity index (χ0v) is 7.45. The van der Waals surface area contributed by atoms with Crippen LogP contribution < -0.4 is 5.73 Å².